The van der Waals surface area contributed by atoms with Gasteiger partial charge in [0.1, 0.15) is 5.92 Å². The van der Waals surface area contributed by atoms with Crippen LogP contribution >= 0.6 is 0 Å². The van der Waals surface area contributed by atoms with E-state index in [0.29, 0.717) is 6.67 Å². The molecule has 0 aliphatic carbocycles. The number of rotatable bonds is 7. The predicted molar refractivity (Wildman–Crippen MR) is 131 cm³/mol. The van der Waals surface area contributed by atoms with Gasteiger partial charge >= 0.3 is 0 Å². The number of benzene rings is 2. The van der Waals surface area contributed by atoms with E-state index in [9.17, 15) is 4.79 Å². The molecule has 0 bridgehead atoms. The van der Waals surface area contributed by atoms with Gasteiger partial charge in [0.15, 0.2) is 0 Å². The van der Waals surface area contributed by atoms with Crippen LogP contribution in [0.3, 0.4) is 0 Å². The van der Waals surface area contributed by atoms with Crippen molar-refractivity contribution in [3.05, 3.63) is 60.2 Å². The Kier molecular flexibility index (Phi) is 6.95. The molecule has 1 amide bonds. The fourth-order valence-electron chi connectivity index (χ4n) is 5.15. The number of nitrogens with two attached hydrogens (primary N) is 1. The van der Waals surface area contributed by atoms with Crippen molar-refractivity contribution >= 4 is 17.3 Å². The van der Waals surface area contributed by atoms with Crippen molar-refractivity contribution in [2.75, 3.05) is 50.2 Å². The Morgan fingerprint density at radius 3 is 2.50 bits per heavy atom. The maximum Gasteiger partial charge on any atom is 0.227 e. The Morgan fingerprint density at radius 2 is 1.82 bits per heavy atom. The number of carbonyl (C=O) groups is 1. The number of primary amides is 1. The molecule has 3 heterocycles. The summed E-state index contributed by atoms with van der Waals surface area (Å²) in [4.78, 5) is 22.4. The molecule has 3 aliphatic heterocycles. The molecule has 3 aliphatic rings. The molecule has 3 saturated heterocycles. The van der Waals surface area contributed by atoms with Gasteiger partial charge in [-0.1, -0.05) is 30.3 Å². The second-order valence-corrected chi connectivity index (χ2v) is 9.01. The molecule has 10 nitrogen and oxygen atoms in total. The van der Waals surface area contributed by atoms with Gasteiger partial charge in [-0.05, 0) is 29.8 Å². The zero-order chi connectivity index (χ0) is 23.5. The highest BCUT2D eigenvalue weighted by Gasteiger charge is 2.47. The third-order valence-corrected chi connectivity index (χ3v) is 6.99. The number of carbonyl (C=O) groups excluding carboxylic acids is 1. The van der Waals surface area contributed by atoms with E-state index < -0.39 is 5.92 Å². The minimum Gasteiger partial charge on any atom is -0.369 e. The fraction of sp³-hybridized carbons (Fsp3) is 0.458. The van der Waals surface area contributed by atoms with Crippen LogP contribution in [0.1, 0.15) is 5.56 Å². The molecule has 182 valence electrons. The summed E-state index contributed by atoms with van der Waals surface area (Å²) in [7, 11) is 1.72. The summed E-state index contributed by atoms with van der Waals surface area (Å²) in [6.45, 7) is 4.24. The molecule has 0 aromatic heterocycles. The van der Waals surface area contributed by atoms with E-state index in [1.165, 1.54) is 11.3 Å². The molecule has 10 heteroatoms. The van der Waals surface area contributed by atoms with Crippen LogP contribution in [0.2, 0.25) is 0 Å². The Balaban J connectivity index is 1.30. The summed E-state index contributed by atoms with van der Waals surface area (Å²) >= 11 is 0. The zero-order valence-corrected chi connectivity index (χ0v) is 19.5. The molecule has 6 N–H and O–H groups in total. The quantitative estimate of drug-likeness (QED) is 0.387. The molecule has 34 heavy (non-hydrogen) atoms. The number of hydrogen-bond acceptors (Lipinski definition) is 9. The average Bonchev–Trinajstić information content (AvgIpc) is 3.35. The van der Waals surface area contributed by atoms with Crippen molar-refractivity contribution in [1.82, 2.24) is 26.1 Å². The lowest BCUT2D eigenvalue weighted by Crippen LogP contribution is -2.70. The summed E-state index contributed by atoms with van der Waals surface area (Å²) in [5.41, 5.74) is 15.7. The molecular weight excluding hydrogens is 432 g/mol. The van der Waals surface area contributed by atoms with E-state index in [4.69, 9.17) is 10.6 Å². The molecule has 4 unspecified atom stereocenters. The Morgan fingerprint density at radius 1 is 1.09 bits per heavy atom. The van der Waals surface area contributed by atoms with E-state index in [1.807, 2.05) is 11.1 Å². The summed E-state index contributed by atoms with van der Waals surface area (Å²) in [5, 5.41) is 9.16. The highest BCUT2D eigenvalue weighted by atomic mass is 16.7. The van der Waals surface area contributed by atoms with Crippen molar-refractivity contribution < 1.29 is 9.63 Å². The van der Waals surface area contributed by atoms with Crippen LogP contribution in [0.25, 0.3) is 0 Å². The van der Waals surface area contributed by atoms with Crippen molar-refractivity contribution in [2.24, 2.45) is 11.7 Å². The molecule has 0 saturated carbocycles. The average molecular weight is 467 g/mol. The first-order valence-electron chi connectivity index (χ1n) is 11.9. The first-order valence-corrected chi connectivity index (χ1v) is 11.9. The number of fused-ring (bicyclic) bond motifs is 1. The topological polar surface area (TPSA) is 110 Å². The lowest BCUT2D eigenvalue weighted by atomic mass is 9.95. The summed E-state index contributed by atoms with van der Waals surface area (Å²) in [6.07, 6.45) is 0.355. The van der Waals surface area contributed by atoms with Gasteiger partial charge < -0.3 is 20.8 Å². The van der Waals surface area contributed by atoms with E-state index >= 15 is 0 Å². The lowest BCUT2D eigenvalue weighted by molar-refractivity contribution is -0.133. The number of anilines is 2. The van der Waals surface area contributed by atoms with Crippen LogP contribution in [-0.4, -0.2) is 74.3 Å². The van der Waals surface area contributed by atoms with Crippen LogP contribution in [0.5, 0.6) is 0 Å². The number of hydroxylamine groups is 2. The largest absolute Gasteiger partial charge is 0.369 e. The van der Waals surface area contributed by atoms with Gasteiger partial charge in [0, 0.05) is 44.0 Å². The monoisotopic (exact) mass is 466 g/mol. The summed E-state index contributed by atoms with van der Waals surface area (Å²) < 4.78 is 0. The molecule has 4 atom stereocenters. The van der Waals surface area contributed by atoms with Gasteiger partial charge in [-0.2, -0.15) is 5.06 Å². The first kappa shape index (κ1) is 23.0. The number of piperazine rings is 1. The minimum absolute atomic E-state index is 0.0411. The normalized spacial score (nSPS) is 28.0. The van der Waals surface area contributed by atoms with Crippen molar-refractivity contribution in [2.45, 2.75) is 24.9 Å². The highest BCUT2D eigenvalue weighted by Crippen LogP contribution is 2.27. The SMILES string of the molecule is CON1CCN(c2ccc(NC3NC(Cc4ccccc4)N4CNNC4C3C(N)=O)cc2)CC1. The van der Waals surface area contributed by atoms with Gasteiger partial charge in [0.05, 0.1) is 32.3 Å². The smallest absolute Gasteiger partial charge is 0.227 e. The zero-order valence-electron chi connectivity index (χ0n) is 19.5. The molecular formula is C24H34N8O2. The third-order valence-electron chi connectivity index (χ3n) is 6.99. The lowest BCUT2D eigenvalue weighted by Gasteiger charge is -2.46. The fourth-order valence-corrected chi connectivity index (χ4v) is 5.15. The maximum atomic E-state index is 12.5. The standard InChI is InChI=1S/C24H34N8O2/c1-34-31-13-11-30(12-14-31)19-9-7-18(8-10-19)27-23-21(22(25)33)24-29-26-16-32(24)20(28-23)15-17-5-3-2-4-6-17/h2-10,20-21,23-24,26-29H,11-16H2,1H3,(H2,25,33). The van der Waals surface area contributed by atoms with Gasteiger partial charge in [-0.15, -0.1) is 0 Å². The highest BCUT2D eigenvalue weighted by molar-refractivity contribution is 5.79. The number of hydrazine groups is 1. The van der Waals surface area contributed by atoms with Crippen molar-refractivity contribution in [3.63, 3.8) is 0 Å². The van der Waals surface area contributed by atoms with Crippen LogP contribution in [0.15, 0.2) is 54.6 Å². The molecule has 2 aromatic carbocycles. The Bertz CT molecular complexity index is 951. The number of hydrogen-bond donors (Lipinski definition) is 5. The molecule has 0 spiro atoms. The number of nitrogens with zero attached hydrogens (tertiary/aromatic N) is 3. The summed E-state index contributed by atoms with van der Waals surface area (Å²) in [6, 6.07) is 18.7. The number of nitrogens with one attached hydrogen (secondary N) is 4. The van der Waals surface area contributed by atoms with Gasteiger partial charge in [-0.25, -0.2) is 10.9 Å². The van der Waals surface area contributed by atoms with Gasteiger partial charge in [-0.3, -0.25) is 15.0 Å². The Labute approximate surface area is 200 Å². The number of amides is 1. The summed E-state index contributed by atoms with van der Waals surface area (Å²) in [5.74, 6) is -0.800. The second-order valence-electron chi connectivity index (χ2n) is 9.01. The van der Waals surface area contributed by atoms with E-state index in [0.717, 1.165) is 38.3 Å². The van der Waals surface area contributed by atoms with E-state index in [2.05, 4.69) is 79.8 Å². The van der Waals surface area contributed by atoms with Crippen molar-refractivity contribution in [1.29, 1.82) is 0 Å². The molecule has 0 radical (unpaired) electrons. The molecule has 3 fully saturated rings. The third kappa shape index (κ3) is 4.88. The van der Waals surface area contributed by atoms with Crippen LogP contribution < -0.4 is 32.1 Å². The molecule has 2 aromatic rings. The van der Waals surface area contributed by atoms with Crippen LogP contribution in [0, 0.1) is 5.92 Å². The first-order chi connectivity index (χ1) is 16.6. The molecule has 5 rings (SSSR count). The minimum atomic E-state index is -0.455. The van der Waals surface area contributed by atoms with Gasteiger partial charge in [0.2, 0.25) is 5.91 Å². The van der Waals surface area contributed by atoms with Crippen LogP contribution in [0.4, 0.5) is 11.4 Å². The maximum absolute atomic E-state index is 12.5. The predicted octanol–water partition coefficient (Wildman–Crippen LogP) is 0.0749. The van der Waals surface area contributed by atoms with E-state index in [-0.39, 0.29) is 24.4 Å². The van der Waals surface area contributed by atoms with E-state index in [1.54, 1.807) is 7.11 Å². The van der Waals surface area contributed by atoms with Crippen LogP contribution in [-0.2, 0) is 16.1 Å². The van der Waals surface area contributed by atoms with Gasteiger partial charge in [0.25, 0.3) is 0 Å². The Hall–Kier alpha value is -2.73. The second kappa shape index (κ2) is 10.3. The van der Waals surface area contributed by atoms with Crippen molar-refractivity contribution in [3.8, 4) is 0 Å².